The van der Waals surface area contributed by atoms with Crippen molar-refractivity contribution in [2.24, 2.45) is 0 Å². The number of nitrogens with one attached hydrogen (secondary N) is 1. The topological polar surface area (TPSA) is 39.1 Å². The molecule has 1 N–H and O–H groups in total. The van der Waals surface area contributed by atoms with Crippen molar-refractivity contribution in [1.29, 1.82) is 5.26 Å². The summed E-state index contributed by atoms with van der Waals surface area (Å²) in [7, 11) is 2.28. The number of piperidine rings is 2. The number of nitrogens with zero attached hydrogens (tertiary/aromatic N) is 2. The smallest absolute Gasteiger partial charge is 0.0992 e. The van der Waals surface area contributed by atoms with E-state index in [1.54, 1.807) is 6.07 Å². The Balaban J connectivity index is 1.60. The number of hydrogen-bond donors (Lipinski definition) is 1. The first-order chi connectivity index (χ1) is 10.2. The van der Waals surface area contributed by atoms with Crippen molar-refractivity contribution in [2.45, 2.75) is 56.8 Å². The molecule has 2 aliphatic heterocycles. The first-order valence-corrected chi connectivity index (χ1v) is 8.19. The van der Waals surface area contributed by atoms with Crippen molar-refractivity contribution < 1.29 is 0 Å². The molecular formula is C17H22ClN3. The predicted molar refractivity (Wildman–Crippen MR) is 85.2 cm³/mol. The van der Waals surface area contributed by atoms with Crippen LogP contribution >= 0.6 is 11.6 Å². The Labute approximate surface area is 131 Å². The molecule has 0 saturated carbocycles. The van der Waals surface area contributed by atoms with E-state index < -0.39 is 0 Å². The summed E-state index contributed by atoms with van der Waals surface area (Å²) in [6.45, 7) is 0.790. The van der Waals surface area contributed by atoms with Crippen LogP contribution in [0, 0.1) is 11.3 Å². The summed E-state index contributed by atoms with van der Waals surface area (Å²) >= 11 is 6.25. The fourth-order valence-corrected chi connectivity index (χ4v) is 4.04. The Kier molecular flexibility index (Phi) is 4.49. The van der Waals surface area contributed by atoms with E-state index in [2.05, 4.69) is 23.3 Å². The largest absolute Gasteiger partial charge is 0.310 e. The van der Waals surface area contributed by atoms with Crippen LogP contribution in [-0.2, 0) is 6.54 Å². The Hall–Kier alpha value is -1.08. The number of fused-ring (bicyclic) bond motifs is 2. The Morgan fingerprint density at radius 2 is 2.05 bits per heavy atom. The third-order valence-corrected chi connectivity index (χ3v) is 5.46. The first kappa shape index (κ1) is 14.8. The van der Waals surface area contributed by atoms with E-state index in [1.165, 1.54) is 32.1 Å². The molecule has 2 fully saturated rings. The van der Waals surface area contributed by atoms with Crippen LogP contribution in [0.5, 0.6) is 0 Å². The van der Waals surface area contributed by atoms with Gasteiger partial charge in [0.2, 0.25) is 0 Å². The van der Waals surface area contributed by atoms with Crippen molar-refractivity contribution in [1.82, 2.24) is 10.2 Å². The maximum Gasteiger partial charge on any atom is 0.0992 e. The SMILES string of the molecule is CN1C2CCCC1CC(NCc1ccc(C#N)cc1Cl)C2. The lowest BCUT2D eigenvalue weighted by Gasteiger charge is -2.47. The zero-order valence-electron chi connectivity index (χ0n) is 12.5. The van der Waals surface area contributed by atoms with Crippen LogP contribution in [0.15, 0.2) is 18.2 Å². The zero-order chi connectivity index (χ0) is 14.8. The standard InChI is InChI=1S/C17H22ClN3/c1-21-15-3-2-4-16(21)9-14(8-15)20-11-13-6-5-12(10-19)7-17(13)18/h5-7,14-16,20H,2-4,8-9,11H2,1H3. The van der Waals surface area contributed by atoms with Gasteiger partial charge in [0, 0.05) is 29.7 Å². The average Bonchev–Trinajstić information content (AvgIpc) is 2.46. The van der Waals surface area contributed by atoms with E-state index in [0.717, 1.165) is 24.2 Å². The van der Waals surface area contributed by atoms with Gasteiger partial charge in [-0.2, -0.15) is 5.26 Å². The van der Waals surface area contributed by atoms with Crippen LogP contribution in [0.25, 0.3) is 0 Å². The summed E-state index contributed by atoms with van der Waals surface area (Å²) < 4.78 is 0. The van der Waals surface area contributed by atoms with Crippen molar-refractivity contribution in [3.05, 3.63) is 34.3 Å². The van der Waals surface area contributed by atoms with Gasteiger partial charge in [0.05, 0.1) is 11.6 Å². The molecule has 0 radical (unpaired) electrons. The number of benzene rings is 1. The maximum absolute atomic E-state index is 8.87. The molecule has 2 unspecified atom stereocenters. The van der Waals surface area contributed by atoms with Gasteiger partial charge in [-0.15, -0.1) is 0 Å². The fraction of sp³-hybridized carbons (Fsp3) is 0.588. The molecule has 21 heavy (non-hydrogen) atoms. The van der Waals surface area contributed by atoms with Gasteiger partial charge >= 0.3 is 0 Å². The highest BCUT2D eigenvalue weighted by molar-refractivity contribution is 6.31. The summed E-state index contributed by atoms with van der Waals surface area (Å²) in [5.74, 6) is 0. The third-order valence-electron chi connectivity index (χ3n) is 5.10. The number of rotatable bonds is 3. The summed E-state index contributed by atoms with van der Waals surface area (Å²) in [5.41, 5.74) is 1.71. The minimum absolute atomic E-state index is 0.586. The molecule has 4 heteroatoms. The minimum atomic E-state index is 0.586. The van der Waals surface area contributed by atoms with Crippen molar-refractivity contribution in [3.63, 3.8) is 0 Å². The van der Waals surface area contributed by atoms with Gasteiger partial charge in [-0.3, -0.25) is 0 Å². The van der Waals surface area contributed by atoms with Crippen molar-refractivity contribution in [2.75, 3.05) is 7.05 Å². The van der Waals surface area contributed by atoms with Gasteiger partial charge in [0.1, 0.15) is 0 Å². The molecule has 2 atom stereocenters. The molecular weight excluding hydrogens is 282 g/mol. The summed E-state index contributed by atoms with van der Waals surface area (Å²) in [4.78, 5) is 2.58. The quantitative estimate of drug-likeness (QED) is 0.931. The lowest BCUT2D eigenvalue weighted by molar-refractivity contribution is 0.0482. The second kappa shape index (κ2) is 6.36. The van der Waals surface area contributed by atoms with Crippen molar-refractivity contribution >= 4 is 11.6 Å². The summed E-state index contributed by atoms with van der Waals surface area (Å²) in [6, 6.07) is 9.75. The monoisotopic (exact) mass is 303 g/mol. The molecule has 2 heterocycles. The highest BCUT2D eigenvalue weighted by Gasteiger charge is 2.35. The molecule has 0 spiro atoms. The van der Waals surface area contributed by atoms with Crippen LogP contribution < -0.4 is 5.32 Å². The highest BCUT2D eigenvalue weighted by Crippen LogP contribution is 2.32. The average molecular weight is 304 g/mol. The normalized spacial score (nSPS) is 29.1. The molecule has 0 amide bonds. The maximum atomic E-state index is 8.87. The third kappa shape index (κ3) is 3.23. The number of halogens is 1. The Morgan fingerprint density at radius 1 is 1.33 bits per heavy atom. The molecule has 2 aliphatic rings. The van der Waals surface area contributed by atoms with Gasteiger partial charge in [-0.1, -0.05) is 24.1 Å². The zero-order valence-corrected chi connectivity index (χ0v) is 13.2. The molecule has 1 aromatic rings. The molecule has 0 aliphatic carbocycles. The van der Waals surface area contributed by atoms with E-state index in [-0.39, 0.29) is 0 Å². The van der Waals surface area contributed by atoms with Crippen LogP contribution in [-0.4, -0.2) is 30.1 Å². The molecule has 0 aromatic heterocycles. The minimum Gasteiger partial charge on any atom is -0.310 e. The van der Waals surface area contributed by atoms with E-state index in [1.807, 2.05) is 12.1 Å². The summed E-state index contributed by atoms with van der Waals surface area (Å²) in [5, 5.41) is 13.2. The molecule has 1 aromatic carbocycles. The Morgan fingerprint density at radius 3 is 2.67 bits per heavy atom. The predicted octanol–water partition coefficient (Wildman–Crippen LogP) is 3.32. The molecule has 3 rings (SSSR count). The number of nitriles is 1. The first-order valence-electron chi connectivity index (χ1n) is 7.81. The van der Waals surface area contributed by atoms with Gasteiger partial charge in [-0.05, 0) is 50.4 Å². The molecule has 112 valence electrons. The molecule has 2 saturated heterocycles. The fourth-order valence-electron chi connectivity index (χ4n) is 3.80. The van der Waals surface area contributed by atoms with Gasteiger partial charge in [0.25, 0.3) is 0 Å². The highest BCUT2D eigenvalue weighted by atomic mass is 35.5. The number of hydrogen-bond acceptors (Lipinski definition) is 3. The lowest BCUT2D eigenvalue weighted by atomic mass is 9.82. The second-order valence-electron chi connectivity index (χ2n) is 6.37. The van der Waals surface area contributed by atoms with Crippen molar-refractivity contribution in [3.8, 4) is 6.07 Å². The summed E-state index contributed by atoms with van der Waals surface area (Å²) in [6.07, 6.45) is 6.53. The van der Waals surface area contributed by atoms with Crippen LogP contribution in [0.4, 0.5) is 0 Å². The van der Waals surface area contributed by atoms with Gasteiger partial charge in [0.15, 0.2) is 0 Å². The molecule has 3 nitrogen and oxygen atoms in total. The van der Waals surface area contributed by atoms with E-state index in [4.69, 9.17) is 16.9 Å². The lowest BCUT2D eigenvalue weighted by Crippen LogP contribution is -2.54. The van der Waals surface area contributed by atoms with E-state index in [9.17, 15) is 0 Å². The second-order valence-corrected chi connectivity index (χ2v) is 6.78. The van der Waals surface area contributed by atoms with Crippen LogP contribution in [0.2, 0.25) is 5.02 Å². The van der Waals surface area contributed by atoms with Gasteiger partial charge < -0.3 is 10.2 Å². The van der Waals surface area contributed by atoms with Gasteiger partial charge in [-0.25, -0.2) is 0 Å². The van der Waals surface area contributed by atoms with E-state index >= 15 is 0 Å². The van der Waals surface area contributed by atoms with E-state index in [0.29, 0.717) is 16.6 Å². The Bertz CT molecular complexity index is 537. The molecule has 2 bridgehead atoms. The van der Waals surface area contributed by atoms with Crippen LogP contribution in [0.3, 0.4) is 0 Å². The van der Waals surface area contributed by atoms with Crippen LogP contribution in [0.1, 0.15) is 43.2 Å².